The summed E-state index contributed by atoms with van der Waals surface area (Å²) in [4.78, 5) is 39.2. The third-order valence-electron chi connectivity index (χ3n) is 12.5. The van der Waals surface area contributed by atoms with Crippen LogP contribution in [0.4, 0.5) is 0 Å². The van der Waals surface area contributed by atoms with E-state index in [2.05, 4.69) is 68.5 Å². The molecule has 14 atom stereocenters. The molecule has 6 aliphatic rings. The smallest absolute Gasteiger partial charge is 0.328 e. The first-order valence-electron chi connectivity index (χ1n) is 16.6. The van der Waals surface area contributed by atoms with Crippen LogP contribution in [-0.4, -0.2) is 78.3 Å². The van der Waals surface area contributed by atoms with Crippen LogP contribution in [0.1, 0.15) is 60.3 Å². The number of ether oxygens (including phenoxy) is 1. The summed E-state index contributed by atoms with van der Waals surface area (Å²) in [5, 5.41) is 25.3. The van der Waals surface area contributed by atoms with Crippen LogP contribution in [0.25, 0.3) is 0 Å². The topological polar surface area (TPSA) is 129 Å². The molecule has 44 heavy (non-hydrogen) atoms. The van der Waals surface area contributed by atoms with Crippen molar-refractivity contribution in [2.75, 3.05) is 7.11 Å². The lowest BCUT2D eigenvalue weighted by molar-refractivity contribution is -0.151. The Kier molecular flexibility index (Phi) is 8.54. The zero-order valence-electron chi connectivity index (χ0n) is 26.9. The van der Waals surface area contributed by atoms with E-state index in [4.69, 9.17) is 4.74 Å². The molecule has 6 rings (SSSR count). The second kappa shape index (κ2) is 12.0. The van der Waals surface area contributed by atoms with Gasteiger partial charge in [-0.1, -0.05) is 49.6 Å². The van der Waals surface area contributed by atoms with Gasteiger partial charge in [0.1, 0.15) is 5.92 Å². The lowest BCUT2D eigenvalue weighted by Gasteiger charge is -2.32. The second-order valence-corrected chi connectivity index (χ2v) is 14.3. The van der Waals surface area contributed by atoms with Crippen LogP contribution >= 0.6 is 0 Å². The van der Waals surface area contributed by atoms with Gasteiger partial charge in [0.05, 0.1) is 7.11 Å². The molecule has 0 aromatic rings. The molecule has 5 aliphatic heterocycles. The van der Waals surface area contributed by atoms with Gasteiger partial charge in [-0.25, -0.2) is 4.79 Å². The molecule has 0 radical (unpaired) electrons. The summed E-state index contributed by atoms with van der Waals surface area (Å²) in [6, 6.07) is 0.510. The van der Waals surface area contributed by atoms with E-state index in [0.29, 0.717) is 17.9 Å². The number of carbonyl (C=O) groups excluding carboxylic acids is 2. The van der Waals surface area contributed by atoms with E-state index >= 15 is 0 Å². The monoisotopic (exact) mass is 606 g/mol. The van der Waals surface area contributed by atoms with Gasteiger partial charge < -0.3 is 31.1 Å². The maximum atomic E-state index is 14.2. The van der Waals surface area contributed by atoms with Gasteiger partial charge in [0.25, 0.3) is 0 Å². The van der Waals surface area contributed by atoms with Crippen LogP contribution in [0.2, 0.25) is 0 Å². The normalized spacial score (nSPS) is 45.1. The maximum absolute atomic E-state index is 14.2. The summed E-state index contributed by atoms with van der Waals surface area (Å²) in [6.07, 6.45) is 8.64. The number of esters is 1. The van der Waals surface area contributed by atoms with E-state index in [1.54, 1.807) is 6.08 Å². The number of carboxylic acids is 1. The molecule has 0 aromatic carbocycles. The lowest BCUT2D eigenvalue weighted by atomic mass is 9.82. The zero-order chi connectivity index (χ0) is 31.6. The third kappa shape index (κ3) is 4.95. The number of fused-ring (bicyclic) bond motifs is 8. The number of ketones is 1. The van der Waals surface area contributed by atoms with E-state index in [-0.39, 0.29) is 59.9 Å². The van der Waals surface area contributed by atoms with Gasteiger partial charge in [-0.3, -0.25) is 9.59 Å². The summed E-state index contributed by atoms with van der Waals surface area (Å²) in [6.45, 7) is 15.3. The number of Topliss-reactive ketones (excluding diaryl/α,β-unsaturated/α-hetero) is 1. The minimum absolute atomic E-state index is 0.0325. The van der Waals surface area contributed by atoms with Crippen LogP contribution in [0, 0.1) is 35.5 Å². The molecule has 9 heteroatoms. The predicted octanol–water partition coefficient (Wildman–Crippen LogP) is 2.89. The average molecular weight is 607 g/mol. The van der Waals surface area contributed by atoms with Gasteiger partial charge in [-0.15, -0.1) is 6.58 Å². The highest BCUT2D eigenvalue weighted by Crippen LogP contribution is 2.50. The Balaban J connectivity index is 1.45. The van der Waals surface area contributed by atoms with Gasteiger partial charge in [0.15, 0.2) is 5.78 Å². The van der Waals surface area contributed by atoms with Crippen molar-refractivity contribution in [2.45, 2.75) is 109 Å². The Morgan fingerprint density at radius 3 is 2.27 bits per heavy atom. The number of nitrogens with one attached hydrogen (secondary N) is 4. The molecule has 9 nitrogen and oxygen atoms in total. The summed E-state index contributed by atoms with van der Waals surface area (Å²) >= 11 is 0. The molecule has 8 bridgehead atoms. The van der Waals surface area contributed by atoms with Crippen molar-refractivity contribution in [2.24, 2.45) is 35.5 Å². The summed E-state index contributed by atoms with van der Waals surface area (Å²) < 4.78 is 5.24. The minimum atomic E-state index is -1.02. The van der Waals surface area contributed by atoms with Crippen molar-refractivity contribution < 1.29 is 24.2 Å². The van der Waals surface area contributed by atoms with Crippen LogP contribution in [-0.2, 0) is 19.1 Å². The number of rotatable bonds is 5. The molecule has 1 aliphatic carbocycles. The van der Waals surface area contributed by atoms with Gasteiger partial charge in [0.2, 0.25) is 0 Å². The summed E-state index contributed by atoms with van der Waals surface area (Å²) in [5.41, 5.74) is 4.85. The molecule has 3 saturated heterocycles. The van der Waals surface area contributed by atoms with Gasteiger partial charge in [-0.05, 0) is 62.9 Å². The van der Waals surface area contributed by atoms with Crippen LogP contribution in [0.5, 0.6) is 0 Å². The number of carboxylic acid groups (broad SMARTS) is 1. The lowest BCUT2D eigenvalue weighted by Crippen LogP contribution is -2.51. The maximum Gasteiger partial charge on any atom is 0.328 e. The quantitative estimate of drug-likeness (QED) is 0.139. The van der Waals surface area contributed by atoms with E-state index in [1.807, 2.05) is 0 Å². The fraction of sp³-hybridized carbons (Fsp3) is 0.686. The molecule has 14 unspecified atom stereocenters. The fourth-order valence-electron chi connectivity index (χ4n) is 10.2. The van der Waals surface area contributed by atoms with E-state index in [1.165, 1.54) is 24.3 Å². The van der Waals surface area contributed by atoms with Crippen molar-refractivity contribution >= 4 is 17.7 Å². The summed E-state index contributed by atoms with van der Waals surface area (Å²) in [7, 11) is 1.35. The first kappa shape index (κ1) is 31.4. The number of aliphatic carboxylic acids is 1. The molecule has 240 valence electrons. The zero-order valence-corrected chi connectivity index (χ0v) is 26.9. The van der Waals surface area contributed by atoms with Gasteiger partial charge in [0, 0.05) is 66.2 Å². The highest BCUT2D eigenvalue weighted by molar-refractivity contribution is 6.03. The third-order valence-corrected chi connectivity index (χ3v) is 12.5. The Hall–Kier alpha value is -2.59. The SMILES string of the molecule is C=CC1C2CC3NC(CC4NC5C(C(=O)C(C(=O)OC)C5C5NC(CC(N2)C1C)C(C)=C5/C=C/C(=O)O)C4C)C(CC)=C3C. The Labute approximate surface area is 261 Å². The Bertz CT molecular complexity index is 1320. The second-order valence-electron chi connectivity index (χ2n) is 14.3. The number of carbonyl (C=O) groups is 3. The molecular weight excluding hydrogens is 556 g/mol. The molecule has 1 saturated carbocycles. The largest absolute Gasteiger partial charge is 0.478 e. The van der Waals surface area contributed by atoms with Crippen molar-refractivity contribution in [1.82, 2.24) is 21.3 Å². The van der Waals surface area contributed by atoms with Crippen molar-refractivity contribution in [3.63, 3.8) is 0 Å². The fourth-order valence-corrected chi connectivity index (χ4v) is 10.2. The van der Waals surface area contributed by atoms with Crippen molar-refractivity contribution in [1.29, 1.82) is 0 Å². The number of hydrogen-bond donors (Lipinski definition) is 5. The minimum Gasteiger partial charge on any atom is -0.478 e. The van der Waals surface area contributed by atoms with E-state index in [0.717, 1.165) is 36.8 Å². The number of hydrogen-bond acceptors (Lipinski definition) is 8. The molecule has 0 amide bonds. The molecule has 5 heterocycles. The van der Waals surface area contributed by atoms with Crippen LogP contribution in [0.15, 0.2) is 47.1 Å². The molecule has 5 N–H and O–H groups in total. The van der Waals surface area contributed by atoms with Crippen molar-refractivity contribution in [3.05, 3.63) is 47.1 Å². The average Bonchev–Trinajstić information content (AvgIpc) is 3.72. The Morgan fingerprint density at radius 1 is 0.955 bits per heavy atom. The highest BCUT2D eigenvalue weighted by atomic mass is 16.5. The molecule has 0 spiro atoms. The first-order chi connectivity index (χ1) is 21.0. The molecular formula is C35H50N4O5. The standard InChI is InChI=1S/C35H50N4O5/c1-8-19-15(3)22-12-24-17(5)21(10-11-28(40)41)32(38-24)30-31(35(43)44-7)34(42)29-18(6)25(39-33(29)30)14-27-20(9-2)16(4)23(37-27)13-26(19)36-22/h8,10-11,15,18-19,22-27,29-33,36-39H,1,9,12-14H2,2-7H3,(H,40,41)/b11-10+. The molecule has 0 aromatic heterocycles. The van der Waals surface area contributed by atoms with Gasteiger partial charge in [-0.2, -0.15) is 0 Å². The Morgan fingerprint density at radius 2 is 1.61 bits per heavy atom. The molecule has 4 fully saturated rings. The predicted molar refractivity (Wildman–Crippen MR) is 169 cm³/mol. The highest BCUT2D eigenvalue weighted by Gasteiger charge is 2.63. The van der Waals surface area contributed by atoms with Gasteiger partial charge >= 0.3 is 11.9 Å². The van der Waals surface area contributed by atoms with E-state index < -0.39 is 23.8 Å². The van der Waals surface area contributed by atoms with Crippen LogP contribution < -0.4 is 21.3 Å². The summed E-state index contributed by atoms with van der Waals surface area (Å²) in [5.74, 6) is -2.47. The van der Waals surface area contributed by atoms with E-state index in [9.17, 15) is 19.5 Å². The first-order valence-corrected chi connectivity index (χ1v) is 16.6. The number of methoxy groups -OCH3 is 1. The van der Waals surface area contributed by atoms with Crippen LogP contribution in [0.3, 0.4) is 0 Å². The van der Waals surface area contributed by atoms with Crippen molar-refractivity contribution in [3.8, 4) is 0 Å².